The molecule has 146 valence electrons. The monoisotopic (exact) mass is 424 g/mol. The van der Waals surface area contributed by atoms with Gasteiger partial charge in [-0.25, -0.2) is 0 Å². The van der Waals surface area contributed by atoms with Crippen LogP contribution in [0.15, 0.2) is 53.7 Å². The number of anilines is 2. The van der Waals surface area contributed by atoms with E-state index >= 15 is 0 Å². The van der Waals surface area contributed by atoms with E-state index < -0.39 is 0 Å². The Labute approximate surface area is 176 Å². The number of aryl methyl sites for hydroxylation is 1. The van der Waals surface area contributed by atoms with Crippen LogP contribution >= 0.6 is 23.4 Å². The van der Waals surface area contributed by atoms with Crippen LogP contribution in [0, 0.1) is 6.92 Å². The van der Waals surface area contributed by atoms with Crippen molar-refractivity contribution in [2.75, 3.05) is 11.5 Å². The number of aromatic nitrogens is 6. The maximum absolute atomic E-state index is 6.07. The minimum absolute atomic E-state index is 0.0904. The maximum Gasteiger partial charge on any atom is 0.225 e. The molecule has 0 spiro atoms. The summed E-state index contributed by atoms with van der Waals surface area (Å²) in [6.45, 7) is 2.04. The molecule has 0 radical (unpaired) electrons. The summed E-state index contributed by atoms with van der Waals surface area (Å²) in [5.74, 6) is 1.79. The third-order valence-electron chi connectivity index (χ3n) is 4.07. The van der Waals surface area contributed by atoms with Gasteiger partial charge < -0.3 is 11.5 Å². The van der Waals surface area contributed by atoms with Gasteiger partial charge in [-0.1, -0.05) is 53.2 Å². The van der Waals surface area contributed by atoms with Crippen LogP contribution in [0.25, 0.3) is 17.1 Å². The minimum atomic E-state index is 0.0904. The summed E-state index contributed by atoms with van der Waals surface area (Å²) < 4.78 is 1.97. The highest BCUT2D eigenvalue weighted by atomic mass is 35.5. The number of nitrogens with two attached hydrogens (primary N) is 2. The van der Waals surface area contributed by atoms with Crippen LogP contribution in [0.4, 0.5) is 11.9 Å². The molecule has 0 aliphatic carbocycles. The number of nitrogens with zero attached hydrogens (tertiary/aromatic N) is 6. The van der Waals surface area contributed by atoms with Crippen LogP contribution in [-0.4, -0.2) is 29.7 Å². The fourth-order valence-corrected chi connectivity index (χ4v) is 3.66. The van der Waals surface area contributed by atoms with Crippen LogP contribution in [0.5, 0.6) is 0 Å². The number of rotatable bonds is 5. The first-order chi connectivity index (χ1) is 14.0. The number of hydrogen-bond acceptors (Lipinski definition) is 8. The molecular formula is C19H17ClN8S. The van der Waals surface area contributed by atoms with E-state index in [0.29, 0.717) is 21.8 Å². The quantitative estimate of drug-likeness (QED) is 0.466. The van der Waals surface area contributed by atoms with Gasteiger partial charge in [0.25, 0.3) is 0 Å². The van der Waals surface area contributed by atoms with Crippen molar-refractivity contribution in [3.05, 3.63) is 64.9 Å². The van der Waals surface area contributed by atoms with Crippen molar-refractivity contribution in [3.8, 4) is 17.1 Å². The van der Waals surface area contributed by atoms with Crippen LogP contribution in [-0.2, 0) is 5.75 Å². The first-order valence-electron chi connectivity index (χ1n) is 8.67. The third kappa shape index (κ3) is 4.30. The standard InChI is InChI=1S/C19H17ClN8S/c1-11-2-4-12(5-3-11)16-26-27-19(28(16)14-8-6-13(20)7-9-14)29-10-15-23-17(21)25-18(22)24-15/h2-9H,10H2,1H3,(H4,21,22,23,24,25). The topological polar surface area (TPSA) is 121 Å². The number of thioether (sulfide) groups is 1. The molecule has 29 heavy (non-hydrogen) atoms. The van der Waals surface area contributed by atoms with Crippen molar-refractivity contribution >= 4 is 35.3 Å². The lowest BCUT2D eigenvalue weighted by atomic mass is 10.1. The second-order valence-corrected chi connectivity index (χ2v) is 7.62. The van der Waals surface area contributed by atoms with Crippen LogP contribution in [0.1, 0.15) is 11.4 Å². The molecule has 0 bridgehead atoms. The Balaban J connectivity index is 1.73. The van der Waals surface area contributed by atoms with Gasteiger partial charge in [-0.15, -0.1) is 10.2 Å². The summed E-state index contributed by atoms with van der Waals surface area (Å²) in [5.41, 5.74) is 14.3. The molecule has 0 aliphatic rings. The smallest absolute Gasteiger partial charge is 0.225 e. The first kappa shape index (κ1) is 19.2. The van der Waals surface area contributed by atoms with E-state index in [0.717, 1.165) is 17.1 Å². The second-order valence-electron chi connectivity index (χ2n) is 6.24. The molecule has 10 heteroatoms. The van der Waals surface area contributed by atoms with Crippen LogP contribution < -0.4 is 11.5 Å². The third-order valence-corrected chi connectivity index (χ3v) is 5.25. The van der Waals surface area contributed by atoms with Gasteiger partial charge in [0.15, 0.2) is 11.0 Å². The molecule has 0 atom stereocenters. The van der Waals surface area contributed by atoms with Gasteiger partial charge in [-0.2, -0.15) is 15.0 Å². The molecule has 0 saturated carbocycles. The Morgan fingerprint density at radius 1 is 0.897 bits per heavy atom. The predicted octanol–water partition coefficient (Wildman–Crippen LogP) is 3.54. The molecule has 0 saturated heterocycles. The molecule has 0 amide bonds. The van der Waals surface area contributed by atoms with E-state index in [-0.39, 0.29) is 11.9 Å². The van der Waals surface area contributed by atoms with E-state index in [1.807, 2.05) is 60.0 Å². The fourth-order valence-electron chi connectivity index (χ4n) is 2.73. The van der Waals surface area contributed by atoms with Gasteiger partial charge in [-0.3, -0.25) is 4.57 Å². The molecule has 4 aromatic rings. The highest BCUT2D eigenvalue weighted by Gasteiger charge is 2.17. The van der Waals surface area contributed by atoms with Gasteiger partial charge >= 0.3 is 0 Å². The zero-order valence-corrected chi connectivity index (χ0v) is 17.0. The zero-order valence-electron chi connectivity index (χ0n) is 15.5. The molecule has 4 N–H and O–H groups in total. The van der Waals surface area contributed by atoms with Crippen LogP contribution in [0.3, 0.4) is 0 Å². The summed E-state index contributed by atoms with van der Waals surface area (Å²) in [7, 11) is 0. The zero-order chi connectivity index (χ0) is 20.4. The van der Waals surface area contributed by atoms with Crippen molar-refractivity contribution in [2.45, 2.75) is 17.8 Å². The Morgan fingerprint density at radius 2 is 1.55 bits per heavy atom. The van der Waals surface area contributed by atoms with Crippen molar-refractivity contribution in [1.82, 2.24) is 29.7 Å². The molecule has 2 heterocycles. The predicted molar refractivity (Wildman–Crippen MR) is 115 cm³/mol. The molecule has 0 fully saturated rings. The normalized spacial score (nSPS) is 11.0. The molecule has 0 unspecified atom stereocenters. The average Bonchev–Trinajstić information content (AvgIpc) is 3.11. The summed E-state index contributed by atoms with van der Waals surface area (Å²) in [4.78, 5) is 12.0. The highest BCUT2D eigenvalue weighted by molar-refractivity contribution is 7.98. The lowest BCUT2D eigenvalue weighted by Gasteiger charge is -2.11. The Bertz CT molecular complexity index is 1120. The van der Waals surface area contributed by atoms with Gasteiger partial charge in [0.05, 0.1) is 5.75 Å². The molecule has 2 aromatic carbocycles. The lowest BCUT2D eigenvalue weighted by Crippen LogP contribution is -2.06. The summed E-state index contributed by atoms with van der Waals surface area (Å²) in [5, 5.41) is 10.1. The van der Waals surface area contributed by atoms with E-state index in [1.165, 1.54) is 17.3 Å². The van der Waals surface area contributed by atoms with E-state index in [1.54, 1.807) is 0 Å². The summed E-state index contributed by atoms with van der Waals surface area (Å²) >= 11 is 7.49. The Kier molecular flexibility index (Phi) is 5.32. The second kappa shape index (κ2) is 8.06. The van der Waals surface area contributed by atoms with E-state index in [4.69, 9.17) is 23.1 Å². The molecule has 4 rings (SSSR count). The molecular weight excluding hydrogens is 408 g/mol. The number of benzene rings is 2. The van der Waals surface area contributed by atoms with Gasteiger partial charge in [0.1, 0.15) is 5.82 Å². The average molecular weight is 425 g/mol. The Morgan fingerprint density at radius 3 is 2.21 bits per heavy atom. The fraction of sp³-hybridized carbons (Fsp3) is 0.105. The summed E-state index contributed by atoms with van der Waals surface area (Å²) in [6, 6.07) is 15.6. The highest BCUT2D eigenvalue weighted by Crippen LogP contribution is 2.30. The van der Waals surface area contributed by atoms with Crippen molar-refractivity contribution in [3.63, 3.8) is 0 Å². The van der Waals surface area contributed by atoms with E-state index in [2.05, 4.69) is 25.1 Å². The number of halogens is 1. The van der Waals surface area contributed by atoms with Crippen LogP contribution in [0.2, 0.25) is 5.02 Å². The maximum atomic E-state index is 6.07. The minimum Gasteiger partial charge on any atom is -0.368 e. The molecule has 8 nitrogen and oxygen atoms in total. The van der Waals surface area contributed by atoms with Crippen molar-refractivity contribution < 1.29 is 0 Å². The summed E-state index contributed by atoms with van der Waals surface area (Å²) in [6.07, 6.45) is 0. The number of nitrogen functional groups attached to an aromatic ring is 2. The van der Waals surface area contributed by atoms with Gasteiger partial charge in [0.2, 0.25) is 11.9 Å². The van der Waals surface area contributed by atoms with Gasteiger partial charge in [-0.05, 0) is 31.2 Å². The first-order valence-corrected chi connectivity index (χ1v) is 10.0. The van der Waals surface area contributed by atoms with Crippen molar-refractivity contribution in [1.29, 1.82) is 0 Å². The molecule has 0 aliphatic heterocycles. The lowest BCUT2D eigenvalue weighted by molar-refractivity contribution is 0.882. The van der Waals surface area contributed by atoms with Gasteiger partial charge in [0, 0.05) is 16.3 Å². The van der Waals surface area contributed by atoms with E-state index in [9.17, 15) is 0 Å². The Hall–Kier alpha value is -3.17. The SMILES string of the molecule is Cc1ccc(-c2nnc(SCc3nc(N)nc(N)n3)n2-c2ccc(Cl)cc2)cc1. The largest absolute Gasteiger partial charge is 0.368 e. The van der Waals surface area contributed by atoms with Crippen molar-refractivity contribution in [2.24, 2.45) is 0 Å². The number of hydrogen-bond donors (Lipinski definition) is 2. The molecule has 2 aromatic heterocycles.